The van der Waals surface area contributed by atoms with Gasteiger partial charge in [0.1, 0.15) is 0 Å². The lowest BCUT2D eigenvalue weighted by Crippen LogP contribution is -2.13. The number of anilines is 1. The quantitative estimate of drug-likeness (QED) is 0.922. The highest BCUT2D eigenvalue weighted by molar-refractivity contribution is 9.10. The molecule has 0 saturated carbocycles. The predicted molar refractivity (Wildman–Crippen MR) is 80.9 cm³/mol. The van der Waals surface area contributed by atoms with Crippen LogP contribution in [0.1, 0.15) is 11.1 Å². The van der Waals surface area contributed by atoms with Crippen LogP contribution in [-0.2, 0) is 10.0 Å². The normalized spacial score (nSPS) is 11.3. The van der Waals surface area contributed by atoms with Crippen LogP contribution >= 0.6 is 15.9 Å². The van der Waals surface area contributed by atoms with E-state index in [-0.39, 0.29) is 4.90 Å². The minimum atomic E-state index is -3.54. The number of halogens is 1. The molecule has 0 aliphatic rings. The van der Waals surface area contributed by atoms with Gasteiger partial charge in [-0.2, -0.15) is 0 Å². The van der Waals surface area contributed by atoms with E-state index in [4.69, 9.17) is 0 Å². The van der Waals surface area contributed by atoms with Gasteiger partial charge in [0.2, 0.25) is 0 Å². The molecule has 2 aromatic carbocycles. The molecule has 0 amide bonds. The lowest BCUT2D eigenvalue weighted by molar-refractivity contribution is 0.601. The molecule has 1 N–H and O–H groups in total. The summed E-state index contributed by atoms with van der Waals surface area (Å²) in [4.78, 5) is 0.247. The molecule has 2 aromatic rings. The first-order valence-corrected chi connectivity index (χ1v) is 8.02. The minimum Gasteiger partial charge on any atom is -0.279 e. The summed E-state index contributed by atoms with van der Waals surface area (Å²) >= 11 is 3.28. The second-order valence-electron chi connectivity index (χ2n) is 4.38. The third-order valence-corrected chi connectivity index (χ3v) is 4.67. The summed E-state index contributed by atoms with van der Waals surface area (Å²) in [5.41, 5.74) is 2.52. The maximum atomic E-state index is 12.2. The number of aryl methyl sites for hydroxylation is 2. The Hall–Kier alpha value is -1.33. The Morgan fingerprint density at radius 3 is 2.26 bits per heavy atom. The van der Waals surface area contributed by atoms with Crippen molar-refractivity contribution in [2.24, 2.45) is 0 Å². The zero-order chi connectivity index (χ0) is 14.0. The molecule has 0 spiro atoms. The second-order valence-corrected chi connectivity index (χ2v) is 6.98. The first kappa shape index (κ1) is 14.1. The molecule has 0 fully saturated rings. The van der Waals surface area contributed by atoms with Gasteiger partial charge in [-0.05, 0) is 55.3 Å². The molecular weight excluding hydrogens is 326 g/mol. The molecule has 0 bridgehead atoms. The van der Waals surface area contributed by atoms with Crippen molar-refractivity contribution in [3.63, 3.8) is 0 Å². The van der Waals surface area contributed by atoms with Gasteiger partial charge in [-0.15, -0.1) is 0 Å². The molecule has 0 aromatic heterocycles. The van der Waals surface area contributed by atoms with E-state index in [0.717, 1.165) is 15.6 Å². The molecule has 19 heavy (non-hydrogen) atoms. The van der Waals surface area contributed by atoms with Gasteiger partial charge < -0.3 is 0 Å². The fourth-order valence-corrected chi connectivity index (χ4v) is 3.05. The second kappa shape index (κ2) is 5.35. The van der Waals surface area contributed by atoms with Crippen LogP contribution in [0.3, 0.4) is 0 Å². The monoisotopic (exact) mass is 339 g/mol. The van der Waals surface area contributed by atoms with Gasteiger partial charge in [-0.1, -0.05) is 28.1 Å². The molecule has 3 nitrogen and oxygen atoms in total. The zero-order valence-electron chi connectivity index (χ0n) is 10.6. The summed E-state index contributed by atoms with van der Waals surface area (Å²) in [5, 5.41) is 0. The Labute approximate surface area is 121 Å². The number of hydrogen-bond donors (Lipinski definition) is 1. The summed E-state index contributed by atoms with van der Waals surface area (Å²) in [6, 6.07) is 12.2. The highest BCUT2D eigenvalue weighted by Gasteiger charge is 2.14. The molecule has 0 atom stereocenters. The smallest absolute Gasteiger partial charge is 0.261 e. The molecular formula is C14H14BrNO2S. The summed E-state index contributed by atoms with van der Waals surface area (Å²) in [6.07, 6.45) is 0. The Morgan fingerprint density at radius 2 is 1.63 bits per heavy atom. The average molecular weight is 340 g/mol. The van der Waals surface area contributed by atoms with E-state index in [1.165, 1.54) is 0 Å². The van der Waals surface area contributed by atoms with E-state index in [1.54, 1.807) is 24.3 Å². The topological polar surface area (TPSA) is 46.2 Å². The molecule has 2 rings (SSSR count). The zero-order valence-corrected chi connectivity index (χ0v) is 13.0. The van der Waals surface area contributed by atoms with Crippen molar-refractivity contribution in [2.45, 2.75) is 18.7 Å². The van der Waals surface area contributed by atoms with E-state index in [2.05, 4.69) is 20.7 Å². The molecule has 0 heterocycles. The third-order valence-electron chi connectivity index (χ3n) is 2.76. The van der Waals surface area contributed by atoms with Crippen LogP contribution in [-0.4, -0.2) is 8.42 Å². The highest BCUT2D eigenvalue weighted by atomic mass is 79.9. The van der Waals surface area contributed by atoms with Gasteiger partial charge in [0, 0.05) is 4.47 Å². The SMILES string of the molecule is Cc1ccc(C)c(NS(=O)(=O)c2ccc(Br)cc2)c1. The van der Waals surface area contributed by atoms with Crippen molar-refractivity contribution < 1.29 is 8.42 Å². The molecule has 0 aliphatic heterocycles. The number of rotatable bonds is 3. The van der Waals surface area contributed by atoms with E-state index in [0.29, 0.717) is 5.69 Å². The van der Waals surface area contributed by atoms with E-state index in [9.17, 15) is 8.42 Å². The van der Waals surface area contributed by atoms with Crippen molar-refractivity contribution >= 4 is 31.6 Å². The molecule has 0 aliphatic carbocycles. The number of nitrogens with one attached hydrogen (secondary N) is 1. The highest BCUT2D eigenvalue weighted by Crippen LogP contribution is 2.22. The number of hydrogen-bond acceptors (Lipinski definition) is 2. The lowest BCUT2D eigenvalue weighted by Gasteiger charge is -2.11. The third kappa shape index (κ3) is 3.36. The minimum absolute atomic E-state index is 0.247. The Morgan fingerprint density at radius 1 is 1.00 bits per heavy atom. The van der Waals surface area contributed by atoms with Crippen LogP contribution in [0.15, 0.2) is 51.8 Å². The predicted octanol–water partition coefficient (Wildman–Crippen LogP) is 3.87. The summed E-state index contributed by atoms with van der Waals surface area (Å²) in [5.74, 6) is 0. The van der Waals surface area contributed by atoms with Crippen LogP contribution in [0.2, 0.25) is 0 Å². The van der Waals surface area contributed by atoms with Crippen LogP contribution < -0.4 is 4.72 Å². The molecule has 0 radical (unpaired) electrons. The van der Waals surface area contributed by atoms with Crippen LogP contribution in [0.25, 0.3) is 0 Å². The molecule has 5 heteroatoms. The fourth-order valence-electron chi connectivity index (χ4n) is 1.66. The van der Waals surface area contributed by atoms with E-state index < -0.39 is 10.0 Å². The standard InChI is InChI=1S/C14H14BrNO2S/c1-10-3-4-11(2)14(9-10)16-19(17,18)13-7-5-12(15)6-8-13/h3-9,16H,1-2H3. The van der Waals surface area contributed by atoms with Gasteiger partial charge in [-0.25, -0.2) is 8.42 Å². The number of benzene rings is 2. The van der Waals surface area contributed by atoms with Crippen LogP contribution in [0.4, 0.5) is 5.69 Å². The van der Waals surface area contributed by atoms with Gasteiger partial charge in [-0.3, -0.25) is 4.72 Å². The van der Waals surface area contributed by atoms with Crippen LogP contribution in [0.5, 0.6) is 0 Å². The Balaban J connectivity index is 2.36. The summed E-state index contributed by atoms with van der Waals surface area (Å²) in [6.45, 7) is 3.80. The van der Waals surface area contributed by atoms with Crippen molar-refractivity contribution in [1.29, 1.82) is 0 Å². The summed E-state index contributed by atoms with van der Waals surface area (Å²) in [7, 11) is -3.54. The summed E-state index contributed by atoms with van der Waals surface area (Å²) < 4.78 is 28.0. The van der Waals surface area contributed by atoms with E-state index in [1.807, 2.05) is 32.0 Å². The van der Waals surface area contributed by atoms with Gasteiger partial charge >= 0.3 is 0 Å². The maximum absolute atomic E-state index is 12.2. The Kier molecular flexibility index (Phi) is 3.96. The van der Waals surface area contributed by atoms with Crippen molar-refractivity contribution in [1.82, 2.24) is 0 Å². The van der Waals surface area contributed by atoms with E-state index >= 15 is 0 Å². The lowest BCUT2D eigenvalue weighted by atomic mass is 10.1. The van der Waals surface area contributed by atoms with Crippen molar-refractivity contribution in [3.05, 3.63) is 58.1 Å². The maximum Gasteiger partial charge on any atom is 0.261 e. The fraction of sp³-hybridized carbons (Fsp3) is 0.143. The van der Waals surface area contributed by atoms with Gasteiger partial charge in [0.25, 0.3) is 10.0 Å². The molecule has 0 saturated heterocycles. The Bertz CT molecular complexity index is 694. The largest absolute Gasteiger partial charge is 0.279 e. The van der Waals surface area contributed by atoms with Crippen molar-refractivity contribution in [2.75, 3.05) is 4.72 Å². The molecule has 0 unspecified atom stereocenters. The molecule has 100 valence electrons. The first-order valence-electron chi connectivity index (χ1n) is 5.74. The number of sulfonamides is 1. The van der Waals surface area contributed by atoms with Crippen molar-refractivity contribution in [3.8, 4) is 0 Å². The first-order chi connectivity index (χ1) is 8.88. The van der Waals surface area contributed by atoms with Gasteiger partial charge in [0.05, 0.1) is 10.6 Å². The average Bonchev–Trinajstić information content (AvgIpc) is 2.34. The van der Waals surface area contributed by atoms with Gasteiger partial charge in [0.15, 0.2) is 0 Å². The van der Waals surface area contributed by atoms with Crippen LogP contribution in [0, 0.1) is 13.8 Å².